The van der Waals surface area contributed by atoms with E-state index >= 15 is 0 Å². The second-order valence-corrected chi connectivity index (χ2v) is 10.9. The largest absolute Gasteiger partial charge is 0.495 e. The number of piperidine rings is 1. The first-order valence-electron chi connectivity index (χ1n) is 14.5. The van der Waals surface area contributed by atoms with E-state index in [1.54, 1.807) is 43.5 Å². The number of methoxy groups -OCH3 is 1. The van der Waals surface area contributed by atoms with Crippen LogP contribution in [0.2, 0.25) is 0 Å². The number of likely N-dealkylation sites (N-methyl/N-ethyl adjacent to an activating group) is 1. The topological polar surface area (TPSA) is 106 Å². The first-order valence-corrected chi connectivity index (χ1v) is 14.5. The second kappa shape index (κ2) is 12.7. The van der Waals surface area contributed by atoms with Crippen molar-refractivity contribution in [2.45, 2.75) is 45.2 Å². The van der Waals surface area contributed by atoms with Gasteiger partial charge < -0.3 is 20.3 Å². The van der Waals surface area contributed by atoms with Crippen LogP contribution in [0, 0.1) is 0 Å². The highest BCUT2D eigenvalue weighted by Crippen LogP contribution is 2.36. The number of ether oxygens (including phenoxy) is 1. The number of nitrogens with one attached hydrogen (secondary N) is 2. The van der Waals surface area contributed by atoms with Crippen molar-refractivity contribution in [3.63, 3.8) is 0 Å². The van der Waals surface area contributed by atoms with Gasteiger partial charge in [-0.05, 0) is 68.2 Å². The molecule has 3 aromatic rings. The number of rotatable bonds is 9. The molecular weight excluding hydrogens is 532 g/mol. The summed E-state index contributed by atoms with van der Waals surface area (Å²) in [5, 5.41) is 9.95. The molecule has 1 unspecified atom stereocenters. The van der Waals surface area contributed by atoms with E-state index in [4.69, 9.17) is 9.72 Å². The molecule has 2 aromatic carbocycles. The fourth-order valence-electron chi connectivity index (χ4n) is 5.57. The van der Waals surface area contributed by atoms with Gasteiger partial charge in [0.15, 0.2) is 5.82 Å². The van der Waals surface area contributed by atoms with Crippen LogP contribution in [0.4, 0.5) is 28.8 Å². The van der Waals surface area contributed by atoms with Crippen molar-refractivity contribution in [2.75, 3.05) is 61.9 Å². The van der Waals surface area contributed by atoms with E-state index in [1.807, 2.05) is 43.2 Å². The SMILES string of the molecule is CCC1C(=O)N(C)c2cnc(Nc3ccc(C(=O)Nc4ccc(CN5CCCCC5)cc4)cc3OC)nc2N1N(C)C. The van der Waals surface area contributed by atoms with Crippen molar-refractivity contribution in [1.82, 2.24) is 19.9 Å². The van der Waals surface area contributed by atoms with Gasteiger partial charge in [0, 0.05) is 38.9 Å². The number of aromatic nitrogens is 2. The van der Waals surface area contributed by atoms with Gasteiger partial charge in [-0.3, -0.25) is 19.5 Å². The summed E-state index contributed by atoms with van der Waals surface area (Å²) in [6.07, 6.45) is 6.12. The highest BCUT2D eigenvalue weighted by Gasteiger charge is 2.38. The molecule has 3 heterocycles. The van der Waals surface area contributed by atoms with E-state index in [0.29, 0.717) is 40.9 Å². The van der Waals surface area contributed by atoms with Crippen LogP contribution in [0.15, 0.2) is 48.7 Å². The van der Waals surface area contributed by atoms with Crippen LogP contribution in [0.5, 0.6) is 5.75 Å². The van der Waals surface area contributed by atoms with Crippen molar-refractivity contribution in [3.05, 3.63) is 59.8 Å². The van der Waals surface area contributed by atoms with Gasteiger partial charge in [0.2, 0.25) is 5.95 Å². The van der Waals surface area contributed by atoms with E-state index in [0.717, 1.165) is 25.3 Å². The highest BCUT2D eigenvalue weighted by atomic mass is 16.5. The Bertz CT molecular complexity index is 1420. The smallest absolute Gasteiger partial charge is 0.255 e. The van der Waals surface area contributed by atoms with Crippen molar-refractivity contribution >= 4 is 40.6 Å². The molecule has 42 heavy (non-hydrogen) atoms. The zero-order valence-corrected chi connectivity index (χ0v) is 25.1. The van der Waals surface area contributed by atoms with Gasteiger partial charge in [-0.1, -0.05) is 25.5 Å². The van der Waals surface area contributed by atoms with Gasteiger partial charge in [-0.2, -0.15) is 4.98 Å². The third-order valence-corrected chi connectivity index (χ3v) is 7.83. The molecule has 2 aliphatic rings. The number of benzene rings is 2. The van der Waals surface area contributed by atoms with Crippen molar-refractivity contribution in [3.8, 4) is 5.75 Å². The maximum atomic E-state index is 13.1. The predicted molar refractivity (Wildman–Crippen MR) is 165 cm³/mol. The van der Waals surface area contributed by atoms with E-state index in [2.05, 4.69) is 32.7 Å². The lowest BCUT2D eigenvalue weighted by atomic mass is 10.1. The van der Waals surface area contributed by atoms with Gasteiger partial charge in [0.25, 0.3) is 11.8 Å². The number of hydrogen-bond acceptors (Lipinski definition) is 9. The predicted octanol–water partition coefficient (Wildman–Crippen LogP) is 4.51. The molecular formula is C31H40N8O3. The molecule has 0 bridgehead atoms. The second-order valence-electron chi connectivity index (χ2n) is 10.9. The third kappa shape index (κ3) is 6.17. The molecule has 1 atom stereocenters. The minimum atomic E-state index is -0.363. The normalized spacial score (nSPS) is 17.3. The van der Waals surface area contributed by atoms with Crippen LogP contribution in [0.25, 0.3) is 0 Å². The molecule has 0 saturated carbocycles. The van der Waals surface area contributed by atoms with Crippen LogP contribution >= 0.6 is 0 Å². The summed E-state index contributed by atoms with van der Waals surface area (Å²) < 4.78 is 5.61. The third-order valence-electron chi connectivity index (χ3n) is 7.83. The van der Waals surface area contributed by atoms with Gasteiger partial charge in [0.05, 0.1) is 19.0 Å². The summed E-state index contributed by atoms with van der Waals surface area (Å²) in [6, 6.07) is 12.9. The number of carbonyl (C=O) groups is 2. The Balaban J connectivity index is 1.29. The molecule has 2 aliphatic heterocycles. The molecule has 2 amide bonds. The number of carbonyl (C=O) groups excluding carboxylic acids is 2. The van der Waals surface area contributed by atoms with Gasteiger partial charge in [-0.25, -0.2) is 9.99 Å². The molecule has 2 N–H and O–H groups in total. The van der Waals surface area contributed by atoms with Crippen LogP contribution in [0.1, 0.15) is 48.5 Å². The molecule has 0 aliphatic carbocycles. The van der Waals surface area contributed by atoms with Gasteiger partial charge >= 0.3 is 0 Å². The molecule has 11 heteroatoms. The first kappa shape index (κ1) is 29.3. The zero-order valence-electron chi connectivity index (χ0n) is 25.1. The van der Waals surface area contributed by atoms with E-state index < -0.39 is 0 Å². The lowest BCUT2D eigenvalue weighted by Gasteiger charge is -2.43. The molecule has 222 valence electrons. The Morgan fingerprint density at radius 2 is 1.83 bits per heavy atom. The number of nitrogens with zero attached hydrogens (tertiary/aromatic N) is 6. The maximum absolute atomic E-state index is 13.1. The summed E-state index contributed by atoms with van der Waals surface area (Å²) >= 11 is 0. The summed E-state index contributed by atoms with van der Waals surface area (Å²) in [5.74, 6) is 1.21. The average Bonchev–Trinajstić information content (AvgIpc) is 3.00. The molecule has 11 nitrogen and oxygen atoms in total. The highest BCUT2D eigenvalue weighted by molar-refractivity contribution is 6.05. The Morgan fingerprint density at radius 3 is 2.50 bits per heavy atom. The average molecular weight is 573 g/mol. The molecule has 5 rings (SSSR count). The Morgan fingerprint density at radius 1 is 1.10 bits per heavy atom. The lowest BCUT2D eigenvalue weighted by Crippen LogP contribution is -2.57. The van der Waals surface area contributed by atoms with E-state index in [-0.39, 0.29) is 17.9 Å². The minimum Gasteiger partial charge on any atom is -0.495 e. The maximum Gasteiger partial charge on any atom is 0.255 e. The zero-order chi connectivity index (χ0) is 29.8. The number of amides is 2. The first-order chi connectivity index (χ1) is 20.3. The Labute approximate surface area is 247 Å². The number of likely N-dealkylation sites (tertiary alicyclic amines) is 1. The summed E-state index contributed by atoms with van der Waals surface area (Å²) in [7, 11) is 7.06. The van der Waals surface area contributed by atoms with Crippen molar-refractivity contribution in [1.29, 1.82) is 0 Å². The minimum absolute atomic E-state index is 0.00746. The molecule has 0 spiro atoms. The van der Waals surface area contributed by atoms with Gasteiger partial charge in [-0.15, -0.1) is 0 Å². The number of anilines is 5. The number of fused-ring (bicyclic) bond motifs is 1. The quantitative estimate of drug-likeness (QED) is 0.383. The van der Waals surface area contributed by atoms with E-state index in [9.17, 15) is 9.59 Å². The van der Waals surface area contributed by atoms with Crippen LogP contribution in [-0.2, 0) is 11.3 Å². The van der Waals surface area contributed by atoms with Crippen molar-refractivity contribution in [2.24, 2.45) is 0 Å². The summed E-state index contributed by atoms with van der Waals surface area (Å²) in [4.78, 5) is 39.3. The van der Waals surface area contributed by atoms with Gasteiger partial charge in [0.1, 0.15) is 17.5 Å². The molecule has 1 aromatic heterocycles. The molecule has 0 radical (unpaired) electrons. The summed E-state index contributed by atoms with van der Waals surface area (Å²) in [5.41, 5.74) is 3.69. The van der Waals surface area contributed by atoms with Crippen LogP contribution in [0.3, 0.4) is 0 Å². The standard InChI is InChI=1S/C31H40N8O3/c1-6-25-30(41)37(4)26-19-32-31(35-28(26)39(25)36(2)3)34-24-15-12-22(18-27(24)42-5)29(40)33-23-13-10-21(11-14-23)20-38-16-8-7-9-17-38/h10-15,18-19,25H,6-9,16-17,20H2,1-5H3,(H,33,40)(H,32,34,35). The van der Waals surface area contributed by atoms with Crippen molar-refractivity contribution < 1.29 is 14.3 Å². The molecule has 1 saturated heterocycles. The number of hydrazine groups is 1. The monoisotopic (exact) mass is 572 g/mol. The van der Waals surface area contributed by atoms with E-state index in [1.165, 1.54) is 24.8 Å². The number of hydrogen-bond donors (Lipinski definition) is 2. The lowest BCUT2D eigenvalue weighted by molar-refractivity contribution is -0.120. The molecule has 1 fully saturated rings. The Kier molecular flexibility index (Phi) is 8.89. The fraction of sp³-hybridized carbons (Fsp3) is 0.419. The fourth-order valence-corrected chi connectivity index (χ4v) is 5.57. The summed E-state index contributed by atoms with van der Waals surface area (Å²) in [6.45, 7) is 5.22. The Hall–Kier alpha value is -4.22. The van der Waals surface area contributed by atoms with Crippen LogP contribution < -0.4 is 25.3 Å². The van der Waals surface area contributed by atoms with Crippen LogP contribution in [-0.4, -0.2) is 79.1 Å².